The first kappa shape index (κ1) is 17.7. The topological polar surface area (TPSA) is 70.7 Å². The van der Waals surface area contributed by atoms with Crippen molar-refractivity contribution in [2.45, 2.75) is 12.5 Å². The third-order valence-electron chi connectivity index (χ3n) is 3.63. The summed E-state index contributed by atoms with van der Waals surface area (Å²) in [4.78, 5) is 25.9. The second-order valence-electron chi connectivity index (χ2n) is 5.31. The Morgan fingerprint density at radius 1 is 1.43 bits per heavy atom. The van der Waals surface area contributed by atoms with Crippen LogP contribution in [0.1, 0.15) is 6.42 Å². The van der Waals surface area contributed by atoms with E-state index in [0.29, 0.717) is 13.2 Å². The van der Waals surface area contributed by atoms with Crippen LogP contribution in [0, 0.1) is 5.82 Å². The molecule has 1 aliphatic heterocycles. The summed E-state index contributed by atoms with van der Waals surface area (Å²) >= 11 is 5.63. The van der Waals surface area contributed by atoms with E-state index in [4.69, 9.17) is 16.3 Å². The maximum atomic E-state index is 13.7. The lowest BCUT2D eigenvalue weighted by Gasteiger charge is -2.16. The van der Waals surface area contributed by atoms with E-state index in [1.54, 1.807) is 7.11 Å². The van der Waals surface area contributed by atoms with Crippen LogP contribution in [0.25, 0.3) is 0 Å². The monoisotopic (exact) mass is 343 g/mol. The highest BCUT2D eigenvalue weighted by atomic mass is 35.5. The second kappa shape index (κ2) is 8.24. The van der Waals surface area contributed by atoms with Crippen molar-refractivity contribution in [1.29, 1.82) is 0 Å². The average molecular weight is 344 g/mol. The number of nitrogens with one attached hydrogen (secondary N) is 2. The Hall–Kier alpha value is -1.70. The molecule has 2 N–H and O–H groups in total. The number of ether oxygens (including phenoxy) is 1. The maximum Gasteiger partial charge on any atom is 0.313 e. The number of nitrogens with zero attached hydrogens (tertiary/aromatic N) is 1. The first-order chi connectivity index (χ1) is 11.0. The predicted molar refractivity (Wildman–Crippen MR) is 84.9 cm³/mol. The molecule has 1 fully saturated rings. The number of carbonyl (C=O) groups is 2. The third-order valence-corrected chi connectivity index (χ3v) is 3.92. The molecule has 8 heteroatoms. The van der Waals surface area contributed by atoms with Gasteiger partial charge in [-0.05, 0) is 18.6 Å². The van der Waals surface area contributed by atoms with Gasteiger partial charge in [-0.3, -0.25) is 14.5 Å². The number of hydrogen-bond acceptors (Lipinski definition) is 4. The zero-order valence-corrected chi connectivity index (χ0v) is 13.5. The Bertz CT molecular complexity index is 585. The molecule has 1 heterocycles. The number of hydrogen-bond donors (Lipinski definition) is 2. The van der Waals surface area contributed by atoms with Crippen LogP contribution in [0.2, 0.25) is 5.02 Å². The molecule has 1 aliphatic rings. The van der Waals surface area contributed by atoms with Gasteiger partial charge in [0.15, 0.2) is 5.82 Å². The number of amides is 2. The van der Waals surface area contributed by atoms with Crippen LogP contribution in [-0.2, 0) is 14.3 Å². The molecule has 0 radical (unpaired) electrons. The zero-order valence-electron chi connectivity index (χ0n) is 12.8. The SMILES string of the molecule is COCCN1CC[C@@H](NC(=O)C(=O)Nc2cccc(Cl)c2F)C1. The molecule has 0 spiro atoms. The maximum absolute atomic E-state index is 13.7. The van der Waals surface area contributed by atoms with Gasteiger partial charge in [0, 0.05) is 32.8 Å². The Balaban J connectivity index is 1.84. The van der Waals surface area contributed by atoms with E-state index in [0.717, 1.165) is 19.5 Å². The van der Waals surface area contributed by atoms with Crippen LogP contribution in [-0.4, -0.2) is 56.1 Å². The summed E-state index contributed by atoms with van der Waals surface area (Å²) in [5.41, 5.74) is -0.120. The van der Waals surface area contributed by atoms with Crippen LogP contribution in [0.15, 0.2) is 18.2 Å². The number of likely N-dealkylation sites (tertiary alicyclic amines) is 1. The largest absolute Gasteiger partial charge is 0.383 e. The smallest absolute Gasteiger partial charge is 0.313 e. The van der Waals surface area contributed by atoms with Gasteiger partial charge in [0.05, 0.1) is 17.3 Å². The minimum Gasteiger partial charge on any atom is -0.383 e. The molecule has 23 heavy (non-hydrogen) atoms. The molecule has 2 rings (SSSR count). The molecular weight excluding hydrogens is 325 g/mol. The van der Waals surface area contributed by atoms with Crippen LogP contribution in [0.4, 0.5) is 10.1 Å². The molecule has 126 valence electrons. The summed E-state index contributed by atoms with van der Waals surface area (Å²) in [6, 6.07) is 4.09. The van der Waals surface area contributed by atoms with Gasteiger partial charge in [-0.1, -0.05) is 17.7 Å². The lowest BCUT2D eigenvalue weighted by atomic mass is 10.2. The first-order valence-electron chi connectivity index (χ1n) is 7.28. The molecular formula is C15H19ClFN3O3. The zero-order chi connectivity index (χ0) is 16.8. The normalized spacial score (nSPS) is 18.0. The Morgan fingerprint density at radius 3 is 2.96 bits per heavy atom. The number of rotatable bonds is 5. The van der Waals surface area contributed by atoms with Gasteiger partial charge in [-0.2, -0.15) is 0 Å². The van der Waals surface area contributed by atoms with Gasteiger partial charge in [-0.15, -0.1) is 0 Å². The van der Waals surface area contributed by atoms with Crippen molar-refractivity contribution in [1.82, 2.24) is 10.2 Å². The van der Waals surface area contributed by atoms with Gasteiger partial charge < -0.3 is 15.4 Å². The Kier molecular flexibility index (Phi) is 6.32. The molecule has 1 saturated heterocycles. The summed E-state index contributed by atoms with van der Waals surface area (Å²) in [6.45, 7) is 2.89. The minimum absolute atomic E-state index is 0.102. The highest BCUT2D eigenvalue weighted by Crippen LogP contribution is 2.21. The summed E-state index contributed by atoms with van der Waals surface area (Å²) in [5.74, 6) is -2.47. The molecule has 6 nitrogen and oxygen atoms in total. The van der Waals surface area contributed by atoms with Crippen LogP contribution < -0.4 is 10.6 Å². The van der Waals surface area contributed by atoms with Crippen LogP contribution in [0.3, 0.4) is 0 Å². The Morgan fingerprint density at radius 2 is 2.22 bits per heavy atom. The fourth-order valence-electron chi connectivity index (χ4n) is 2.40. The highest BCUT2D eigenvalue weighted by molar-refractivity contribution is 6.40. The lowest BCUT2D eigenvalue weighted by Crippen LogP contribution is -2.43. The Labute approximate surface area is 138 Å². The van der Waals surface area contributed by atoms with E-state index in [2.05, 4.69) is 15.5 Å². The molecule has 1 aromatic rings. The van der Waals surface area contributed by atoms with Crippen LogP contribution >= 0.6 is 11.6 Å². The van der Waals surface area contributed by atoms with Gasteiger partial charge in [0.2, 0.25) is 0 Å². The highest BCUT2D eigenvalue weighted by Gasteiger charge is 2.26. The molecule has 1 atom stereocenters. The fourth-order valence-corrected chi connectivity index (χ4v) is 2.58. The number of anilines is 1. The number of benzene rings is 1. The van der Waals surface area contributed by atoms with Crippen LogP contribution in [0.5, 0.6) is 0 Å². The van der Waals surface area contributed by atoms with Crippen molar-refractivity contribution in [3.8, 4) is 0 Å². The molecule has 0 aliphatic carbocycles. The lowest BCUT2D eigenvalue weighted by molar-refractivity contribution is -0.136. The molecule has 1 aromatic carbocycles. The number of halogens is 2. The van der Waals surface area contributed by atoms with E-state index >= 15 is 0 Å². The summed E-state index contributed by atoms with van der Waals surface area (Å²) in [6.07, 6.45) is 0.758. The predicted octanol–water partition coefficient (Wildman–Crippen LogP) is 1.25. The molecule has 0 saturated carbocycles. The van der Waals surface area contributed by atoms with Crippen molar-refractivity contribution in [3.05, 3.63) is 29.0 Å². The van der Waals surface area contributed by atoms with Gasteiger partial charge >= 0.3 is 11.8 Å². The van der Waals surface area contributed by atoms with Crippen molar-refractivity contribution < 1.29 is 18.7 Å². The standard InChI is InChI=1S/C15H19ClFN3O3/c1-23-8-7-20-6-5-10(9-20)18-14(21)15(22)19-12-4-2-3-11(16)13(12)17/h2-4,10H,5-9H2,1H3,(H,18,21)(H,19,22)/t10-/m1/s1. The quantitative estimate of drug-likeness (QED) is 0.790. The molecule has 0 bridgehead atoms. The van der Waals surface area contributed by atoms with E-state index in [-0.39, 0.29) is 16.8 Å². The van der Waals surface area contributed by atoms with Gasteiger partial charge in [-0.25, -0.2) is 4.39 Å². The third kappa shape index (κ3) is 4.89. The summed E-state index contributed by atoms with van der Waals surface area (Å²) < 4.78 is 18.7. The van der Waals surface area contributed by atoms with Crippen molar-refractivity contribution in [2.75, 3.05) is 38.7 Å². The number of carbonyl (C=O) groups excluding carboxylic acids is 2. The van der Waals surface area contributed by atoms with E-state index in [9.17, 15) is 14.0 Å². The van der Waals surface area contributed by atoms with Crippen molar-refractivity contribution >= 4 is 29.1 Å². The average Bonchev–Trinajstić information content (AvgIpc) is 2.97. The van der Waals surface area contributed by atoms with E-state index < -0.39 is 17.6 Å². The molecule has 0 aromatic heterocycles. The summed E-state index contributed by atoms with van der Waals surface area (Å²) in [7, 11) is 1.63. The minimum atomic E-state index is -0.915. The first-order valence-corrected chi connectivity index (χ1v) is 7.66. The van der Waals surface area contributed by atoms with Gasteiger partial charge in [0.25, 0.3) is 0 Å². The van der Waals surface area contributed by atoms with Crippen molar-refractivity contribution in [2.24, 2.45) is 0 Å². The van der Waals surface area contributed by atoms with E-state index in [1.165, 1.54) is 18.2 Å². The molecule has 0 unspecified atom stereocenters. The number of methoxy groups -OCH3 is 1. The van der Waals surface area contributed by atoms with Crippen molar-refractivity contribution in [3.63, 3.8) is 0 Å². The summed E-state index contributed by atoms with van der Waals surface area (Å²) in [5, 5.41) is 4.76. The van der Waals surface area contributed by atoms with E-state index in [1.807, 2.05) is 0 Å². The fraction of sp³-hybridized carbons (Fsp3) is 0.467. The molecule has 2 amide bonds. The van der Waals surface area contributed by atoms with Gasteiger partial charge in [0.1, 0.15) is 0 Å². The second-order valence-corrected chi connectivity index (χ2v) is 5.72.